The second-order valence-corrected chi connectivity index (χ2v) is 4.95. The molecule has 1 aliphatic carbocycles. The van der Waals surface area contributed by atoms with Crippen molar-refractivity contribution in [3.05, 3.63) is 35.9 Å². The predicted octanol–water partition coefficient (Wildman–Crippen LogP) is 3.65. The Balaban J connectivity index is 2.18. The topological polar surface area (TPSA) is 20.2 Å². The Hall–Kier alpha value is -0.530. The minimum absolute atomic E-state index is 0.204. The number of hydrogen-bond donors (Lipinski definition) is 1. The molecule has 0 aromatic heterocycles. The maximum absolute atomic E-state index is 10.4. The minimum Gasteiger partial charge on any atom is -0.371 e. The summed E-state index contributed by atoms with van der Waals surface area (Å²) in [5.41, 5.74) is 0.832. The van der Waals surface area contributed by atoms with E-state index in [1.54, 1.807) is 0 Å². The summed E-state index contributed by atoms with van der Waals surface area (Å²) >= 11 is 6.30. The number of rotatable bonds is 2. The van der Waals surface area contributed by atoms with E-state index in [9.17, 15) is 5.11 Å². The van der Waals surface area contributed by atoms with E-state index in [0.29, 0.717) is 0 Å². The summed E-state index contributed by atoms with van der Waals surface area (Å²) in [5.74, 6) is 0.204. The maximum Gasteiger partial charge on any atom is 0.167 e. The van der Waals surface area contributed by atoms with Crippen LogP contribution in [0.1, 0.15) is 37.7 Å². The van der Waals surface area contributed by atoms with Crippen LogP contribution in [0.15, 0.2) is 30.3 Å². The molecule has 0 radical (unpaired) electrons. The van der Waals surface area contributed by atoms with Crippen LogP contribution in [0, 0.1) is 5.92 Å². The third-order valence-electron chi connectivity index (χ3n) is 3.32. The molecule has 2 rings (SSSR count). The Morgan fingerprint density at radius 2 is 1.67 bits per heavy atom. The molecule has 1 aromatic rings. The molecule has 1 atom stereocenters. The number of alkyl halides is 1. The van der Waals surface area contributed by atoms with Crippen LogP contribution in [-0.4, -0.2) is 5.11 Å². The van der Waals surface area contributed by atoms with Gasteiger partial charge in [0, 0.05) is 5.92 Å². The molecule has 1 aliphatic rings. The highest BCUT2D eigenvalue weighted by atomic mass is 35.5. The molecule has 1 saturated carbocycles. The Labute approximate surface area is 96.1 Å². The van der Waals surface area contributed by atoms with Crippen molar-refractivity contribution in [3.63, 3.8) is 0 Å². The summed E-state index contributed by atoms with van der Waals surface area (Å²) in [6.45, 7) is 0. The van der Waals surface area contributed by atoms with Crippen molar-refractivity contribution in [2.24, 2.45) is 5.92 Å². The van der Waals surface area contributed by atoms with E-state index in [-0.39, 0.29) is 5.92 Å². The lowest BCUT2D eigenvalue weighted by molar-refractivity contribution is 0.0408. The molecule has 15 heavy (non-hydrogen) atoms. The third-order valence-corrected chi connectivity index (χ3v) is 3.85. The Kier molecular flexibility index (Phi) is 3.32. The van der Waals surface area contributed by atoms with E-state index < -0.39 is 5.06 Å². The summed E-state index contributed by atoms with van der Waals surface area (Å²) in [6, 6.07) is 9.59. The monoisotopic (exact) mass is 224 g/mol. The van der Waals surface area contributed by atoms with Crippen LogP contribution >= 0.6 is 11.6 Å². The van der Waals surface area contributed by atoms with Gasteiger partial charge in [-0.15, -0.1) is 0 Å². The molecule has 0 bridgehead atoms. The van der Waals surface area contributed by atoms with Crippen LogP contribution in [-0.2, 0) is 5.06 Å². The highest BCUT2D eigenvalue weighted by Gasteiger charge is 2.36. The molecular weight excluding hydrogens is 208 g/mol. The largest absolute Gasteiger partial charge is 0.371 e. The summed E-state index contributed by atoms with van der Waals surface area (Å²) in [7, 11) is 0. The van der Waals surface area contributed by atoms with E-state index >= 15 is 0 Å². The lowest BCUT2D eigenvalue weighted by Crippen LogP contribution is -2.30. The SMILES string of the molecule is OC(Cl)(c1ccccc1)C1CCCCC1. The van der Waals surface area contributed by atoms with Gasteiger partial charge in [0.1, 0.15) is 0 Å². The third kappa shape index (κ3) is 2.35. The van der Waals surface area contributed by atoms with Crippen LogP contribution < -0.4 is 0 Å². The molecule has 0 heterocycles. The molecule has 0 amide bonds. The van der Waals surface area contributed by atoms with Gasteiger partial charge < -0.3 is 5.11 Å². The Morgan fingerprint density at radius 1 is 1.07 bits per heavy atom. The summed E-state index contributed by atoms with van der Waals surface area (Å²) < 4.78 is 0. The van der Waals surface area contributed by atoms with E-state index in [1.165, 1.54) is 19.3 Å². The maximum atomic E-state index is 10.4. The van der Waals surface area contributed by atoms with Crippen LogP contribution in [0.5, 0.6) is 0 Å². The number of benzene rings is 1. The molecule has 1 fully saturated rings. The van der Waals surface area contributed by atoms with Gasteiger partial charge in [-0.2, -0.15) is 0 Å². The molecule has 2 heteroatoms. The Morgan fingerprint density at radius 3 is 2.27 bits per heavy atom. The second kappa shape index (κ2) is 4.54. The van der Waals surface area contributed by atoms with Crippen molar-refractivity contribution >= 4 is 11.6 Å². The van der Waals surface area contributed by atoms with Gasteiger partial charge in [0.25, 0.3) is 0 Å². The molecule has 1 nitrogen and oxygen atoms in total. The fourth-order valence-corrected chi connectivity index (χ4v) is 2.74. The van der Waals surface area contributed by atoms with Crippen molar-refractivity contribution in [2.45, 2.75) is 37.2 Å². The van der Waals surface area contributed by atoms with Crippen LogP contribution in [0.2, 0.25) is 0 Å². The molecule has 1 aromatic carbocycles. The average molecular weight is 225 g/mol. The van der Waals surface area contributed by atoms with Gasteiger partial charge in [0.15, 0.2) is 5.06 Å². The summed E-state index contributed by atoms with van der Waals surface area (Å²) in [5, 5.41) is 9.21. The lowest BCUT2D eigenvalue weighted by Gasteiger charge is -2.33. The number of hydrogen-bond acceptors (Lipinski definition) is 1. The normalized spacial score (nSPS) is 22.3. The lowest BCUT2D eigenvalue weighted by atomic mass is 9.82. The predicted molar refractivity (Wildman–Crippen MR) is 62.8 cm³/mol. The van der Waals surface area contributed by atoms with Crippen LogP contribution in [0.3, 0.4) is 0 Å². The van der Waals surface area contributed by atoms with E-state index in [1.807, 2.05) is 30.3 Å². The molecule has 1 unspecified atom stereocenters. The molecule has 0 aliphatic heterocycles. The first kappa shape index (κ1) is 11.0. The first-order valence-corrected chi connectivity index (χ1v) is 6.06. The zero-order chi connectivity index (χ0) is 10.7. The summed E-state index contributed by atoms with van der Waals surface area (Å²) in [4.78, 5) is 0. The van der Waals surface area contributed by atoms with Crippen molar-refractivity contribution < 1.29 is 5.11 Å². The zero-order valence-electron chi connectivity index (χ0n) is 8.82. The fraction of sp³-hybridized carbons (Fsp3) is 0.538. The average Bonchev–Trinajstić information content (AvgIpc) is 2.31. The first-order chi connectivity index (χ1) is 7.21. The highest BCUT2D eigenvalue weighted by molar-refractivity contribution is 6.23. The minimum atomic E-state index is -1.16. The van der Waals surface area contributed by atoms with Gasteiger partial charge in [0.2, 0.25) is 0 Å². The zero-order valence-corrected chi connectivity index (χ0v) is 9.58. The number of aliphatic hydroxyl groups is 1. The Bertz CT molecular complexity index is 302. The molecular formula is C13H17ClO. The second-order valence-electron chi connectivity index (χ2n) is 4.37. The van der Waals surface area contributed by atoms with E-state index in [2.05, 4.69) is 0 Å². The first-order valence-electron chi connectivity index (χ1n) is 5.68. The molecule has 1 N–H and O–H groups in total. The molecule has 82 valence electrons. The van der Waals surface area contributed by atoms with Crippen molar-refractivity contribution in [1.82, 2.24) is 0 Å². The van der Waals surface area contributed by atoms with Gasteiger partial charge >= 0.3 is 0 Å². The molecule has 0 spiro atoms. The van der Waals surface area contributed by atoms with E-state index in [4.69, 9.17) is 11.6 Å². The summed E-state index contributed by atoms with van der Waals surface area (Å²) in [6.07, 6.45) is 5.72. The quantitative estimate of drug-likeness (QED) is 0.761. The van der Waals surface area contributed by atoms with Gasteiger partial charge in [-0.25, -0.2) is 0 Å². The van der Waals surface area contributed by atoms with Crippen molar-refractivity contribution in [2.75, 3.05) is 0 Å². The van der Waals surface area contributed by atoms with Crippen LogP contribution in [0.4, 0.5) is 0 Å². The van der Waals surface area contributed by atoms with Gasteiger partial charge in [-0.3, -0.25) is 0 Å². The fourth-order valence-electron chi connectivity index (χ4n) is 2.39. The standard InChI is InChI=1S/C13H17ClO/c14-13(15,11-7-3-1-4-8-11)12-9-5-2-6-10-12/h1,3-4,7-8,12,15H,2,5-6,9-10H2. The molecule has 0 saturated heterocycles. The van der Waals surface area contributed by atoms with Gasteiger partial charge in [0.05, 0.1) is 0 Å². The van der Waals surface area contributed by atoms with E-state index in [0.717, 1.165) is 18.4 Å². The smallest absolute Gasteiger partial charge is 0.167 e. The van der Waals surface area contributed by atoms with Crippen molar-refractivity contribution in [1.29, 1.82) is 0 Å². The number of halogens is 1. The van der Waals surface area contributed by atoms with Gasteiger partial charge in [-0.1, -0.05) is 61.2 Å². The van der Waals surface area contributed by atoms with Gasteiger partial charge in [-0.05, 0) is 18.4 Å². The van der Waals surface area contributed by atoms with Crippen molar-refractivity contribution in [3.8, 4) is 0 Å². The van der Waals surface area contributed by atoms with Crippen LogP contribution in [0.25, 0.3) is 0 Å². The highest BCUT2D eigenvalue weighted by Crippen LogP contribution is 2.41.